The van der Waals surface area contributed by atoms with Gasteiger partial charge >= 0.3 is 0 Å². The van der Waals surface area contributed by atoms with Crippen LogP contribution in [0.4, 0.5) is 0 Å². The smallest absolute Gasteiger partial charge is 0.223 e. The van der Waals surface area contributed by atoms with E-state index in [-0.39, 0.29) is 5.92 Å². The lowest BCUT2D eigenvalue weighted by Gasteiger charge is -2.46. The van der Waals surface area contributed by atoms with Gasteiger partial charge in [-0.25, -0.2) is 0 Å². The fourth-order valence-corrected chi connectivity index (χ4v) is 4.23. The Morgan fingerprint density at radius 3 is 2.29 bits per heavy atom. The Morgan fingerprint density at radius 1 is 0.882 bits per heavy atom. The van der Waals surface area contributed by atoms with E-state index in [1.807, 2.05) is 0 Å². The summed E-state index contributed by atoms with van der Waals surface area (Å²) in [5.41, 5.74) is 2.98. The maximum absolute atomic E-state index is 12.1. The lowest BCUT2D eigenvalue weighted by atomic mass is 9.63. The largest absolute Gasteiger partial charge is 0.352 e. The van der Waals surface area contributed by atoms with E-state index >= 15 is 0 Å². The van der Waals surface area contributed by atoms with Crippen molar-refractivity contribution in [3.05, 3.63) is 35.4 Å². The predicted octanol–water partition coefficient (Wildman–Crippen LogP) is 2.56. The molecule has 3 fully saturated rings. The first kappa shape index (κ1) is 9.69. The molecule has 7 rings (SSSR count). The number of hydrogen-bond donors (Lipinski definition) is 1. The standard InChI is InChI=1S/C15H17NO/c17-15-13-7-8-14(16-15)12-6-5-11(13)9-3-1-2-4-10(9)12/h1-4,11-14H,5-8H2,(H,16,17)/t11-,12+,13-,14+/m1/s1. The predicted molar refractivity (Wildman–Crippen MR) is 65.8 cm³/mol. The van der Waals surface area contributed by atoms with E-state index in [0.29, 0.717) is 23.8 Å². The molecule has 0 radical (unpaired) electrons. The first-order valence-electron chi connectivity index (χ1n) is 6.74. The molecule has 3 heterocycles. The summed E-state index contributed by atoms with van der Waals surface area (Å²) in [6.07, 6.45) is 4.72. The molecule has 1 saturated carbocycles. The second kappa shape index (κ2) is 3.34. The van der Waals surface area contributed by atoms with Gasteiger partial charge in [-0.3, -0.25) is 4.79 Å². The van der Waals surface area contributed by atoms with Crippen LogP contribution in [-0.4, -0.2) is 11.9 Å². The summed E-state index contributed by atoms with van der Waals surface area (Å²) >= 11 is 0. The molecule has 1 aromatic rings. The van der Waals surface area contributed by atoms with Crippen molar-refractivity contribution in [1.82, 2.24) is 5.32 Å². The molecular weight excluding hydrogens is 210 g/mol. The molecule has 2 nitrogen and oxygen atoms in total. The fraction of sp³-hybridized carbons (Fsp3) is 0.533. The highest BCUT2D eigenvalue weighted by Crippen LogP contribution is 2.50. The molecule has 0 spiro atoms. The molecule has 2 heteroatoms. The topological polar surface area (TPSA) is 29.1 Å². The third-order valence-electron chi connectivity index (χ3n) is 5.01. The Morgan fingerprint density at radius 2 is 1.53 bits per heavy atom. The van der Waals surface area contributed by atoms with Crippen LogP contribution < -0.4 is 5.32 Å². The van der Waals surface area contributed by atoms with Gasteiger partial charge in [-0.2, -0.15) is 0 Å². The van der Waals surface area contributed by atoms with Crippen molar-refractivity contribution < 1.29 is 4.79 Å². The van der Waals surface area contributed by atoms with Crippen LogP contribution in [-0.2, 0) is 4.79 Å². The van der Waals surface area contributed by atoms with Gasteiger partial charge in [-0.1, -0.05) is 24.3 Å². The minimum atomic E-state index is 0.230. The fourth-order valence-electron chi connectivity index (χ4n) is 4.23. The molecule has 2 saturated heterocycles. The highest BCUT2D eigenvalue weighted by atomic mass is 16.2. The first-order valence-corrected chi connectivity index (χ1v) is 6.74. The van der Waals surface area contributed by atoms with Crippen molar-refractivity contribution in [3.8, 4) is 0 Å². The summed E-state index contributed by atoms with van der Waals surface area (Å²) in [6, 6.07) is 9.19. The first-order chi connectivity index (χ1) is 8.34. The summed E-state index contributed by atoms with van der Waals surface area (Å²) in [5.74, 6) is 1.58. The molecule has 0 aromatic heterocycles. The maximum atomic E-state index is 12.1. The van der Waals surface area contributed by atoms with Crippen LogP contribution in [0.5, 0.6) is 0 Å². The zero-order chi connectivity index (χ0) is 11.4. The van der Waals surface area contributed by atoms with Crippen molar-refractivity contribution in [1.29, 1.82) is 0 Å². The molecule has 1 aromatic carbocycles. The van der Waals surface area contributed by atoms with Gasteiger partial charge in [-0.15, -0.1) is 0 Å². The average Bonchev–Trinajstić information content (AvgIpc) is 2.34. The van der Waals surface area contributed by atoms with Gasteiger partial charge in [0.2, 0.25) is 5.91 Å². The van der Waals surface area contributed by atoms with Gasteiger partial charge in [-0.05, 0) is 42.7 Å². The van der Waals surface area contributed by atoms with E-state index in [0.717, 1.165) is 6.42 Å². The molecule has 4 bridgehead atoms. The Balaban J connectivity index is 1.94. The van der Waals surface area contributed by atoms with E-state index in [9.17, 15) is 4.79 Å². The van der Waals surface area contributed by atoms with Gasteiger partial charge in [0.15, 0.2) is 0 Å². The molecule has 0 unspecified atom stereocenters. The van der Waals surface area contributed by atoms with Gasteiger partial charge in [0.05, 0.1) is 0 Å². The number of carbonyl (C=O) groups is 1. The van der Waals surface area contributed by atoms with Crippen molar-refractivity contribution >= 4 is 5.91 Å². The highest BCUT2D eigenvalue weighted by molar-refractivity contribution is 5.81. The minimum Gasteiger partial charge on any atom is -0.352 e. The molecule has 17 heavy (non-hydrogen) atoms. The summed E-state index contributed by atoms with van der Waals surface area (Å²) in [7, 11) is 0. The molecule has 1 N–H and O–H groups in total. The van der Waals surface area contributed by atoms with Crippen LogP contribution >= 0.6 is 0 Å². The lowest BCUT2D eigenvalue weighted by Crippen LogP contribution is -2.52. The normalized spacial score (nSPS) is 38.2. The quantitative estimate of drug-likeness (QED) is 0.725. The number of carbonyl (C=O) groups excluding carboxylic acids is 1. The third kappa shape index (κ3) is 1.24. The summed E-state index contributed by atoms with van der Waals surface area (Å²) < 4.78 is 0. The number of piperidine rings is 1. The van der Waals surface area contributed by atoms with E-state index in [2.05, 4.69) is 29.6 Å². The monoisotopic (exact) mass is 227 g/mol. The molecule has 4 atom stereocenters. The lowest BCUT2D eigenvalue weighted by molar-refractivity contribution is -0.130. The zero-order valence-electron chi connectivity index (χ0n) is 9.86. The van der Waals surface area contributed by atoms with Gasteiger partial charge in [0, 0.05) is 17.9 Å². The number of nitrogens with one attached hydrogen (secondary N) is 1. The third-order valence-corrected chi connectivity index (χ3v) is 5.01. The number of benzene rings is 1. The van der Waals surface area contributed by atoms with Crippen LogP contribution in [0.1, 0.15) is 48.6 Å². The van der Waals surface area contributed by atoms with Crippen molar-refractivity contribution in [2.45, 2.75) is 43.6 Å². The van der Waals surface area contributed by atoms with E-state index in [1.165, 1.54) is 30.4 Å². The average molecular weight is 227 g/mol. The molecule has 1 amide bonds. The summed E-state index contributed by atoms with van der Waals surface area (Å²) in [5, 5.41) is 3.25. The van der Waals surface area contributed by atoms with E-state index in [1.54, 1.807) is 0 Å². The van der Waals surface area contributed by atoms with Crippen LogP contribution in [0, 0.1) is 5.92 Å². The molecule has 6 aliphatic rings. The second-order valence-electron chi connectivity index (χ2n) is 5.72. The Labute approximate surface area is 101 Å². The van der Waals surface area contributed by atoms with Crippen LogP contribution in [0.2, 0.25) is 0 Å². The van der Waals surface area contributed by atoms with Crippen LogP contribution in [0.3, 0.4) is 0 Å². The Bertz CT molecular complexity index is 482. The number of amides is 1. The van der Waals surface area contributed by atoms with Gasteiger partial charge < -0.3 is 5.32 Å². The van der Waals surface area contributed by atoms with Crippen molar-refractivity contribution in [3.63, 3.8) is 0 Å². The molecule has 3 aliphatic heterocycles. The molecular formula is C15H17NO. The number of hydrogen-bond acceptors (Lipinski definition) is 1. The second-order valence-corrected chi connectivity index (χ2v) is 5.72. The maximum Gasteiger partial charge on any atom is 0.223 e. The van der Waals surface area contributed by atoms with Crippen LogP contribution in [0.15, 0.2) is 24.3 Å². The highest BCUT2D eigenvalue weighted by Gasteiger charge is 2.45. The van der Waals surface area contributed by atoms with Gasteiger partial charge in [0.1, 0.15) is 0 Å². The van der Waals surface area contributed by atoms with Gasteiger partial charge in [0.25, 0.3) is 0 Å². The minimum absolute atomic E-state index is 0.230. The molecule has 88 valence electrons. The molecule has 3 aliphatic carbocycles. The van der Waals surface area contributed by atoms with Crippen molar-refractivity contribution in [2.75, 3.05) is 0 Å². The Kier molecular flexibility index (Phi) is 1.91. The zero-order valence-corrected chi connectivity index (χ0v) is 9.86. The number of rotatable bonds is 0. The van der Waals surface area contributed by atoms with Crippen molar-refractivity contribution in [2.24, 2.45) is 5.92 Å². The summed E-state index contributed by atoms with van der Waals surface area (Å²) in [6.45, 7) is 0. The van der Waals surface area contributed by atoms with Crippen LogP contribution in [0.25, 0.3) is 0 Å². The Hall–Kier alpha value is -1.31. The van der Waals surface area contributed by atoms with E-state index < -0.39 is 0 Å². The van der Waals surface area contributed by atoms with E-state index in [4.69, 9.17) is 0 Å². The SMILES string of the molecule is O=C1N[C@H]2CC[C@@H]1[C@@H]1CC[C@H]2c2ccccc21. The summed E-state index contributed by atoms with van der Waals surface area (Å²) in [4.78, 5) is 12.1.